The molecule has 3 saturated carbocycles. The molecule has 202 valence electrons. The van der Waals surface area contributed by atoms with E-state index in [1.165, 1.54) is 6.08 Å². The zero-order valence-electron chi connectivity index (χ0n) is 23.0. The number of nitrogens with one attached hydrogen (secondary N) is 1. The summed E-state index contributed by atoms with van der Waals surface area (Å²) in [5.41, 5.74) is 4.31. The highest BCUT2D eigenvalue weighted by atomic mass is 16.5. The van der Waals surface area contributed by atoms with E-state index in [0.717, 1.165) is 41.5 Å². The molecule has 1 atom stereocenters. The molecule has 0 spiro atoms. The number of anilines is 1. The average molecular weight is 535 g/mol. The molecular formula is C30H30N8O2. The quantitative estimate of drug-likeness (QED) is 0.409. The fraction of sp³-hybridized carbons (Fsp3) is 0.400. The molecule has 3 aromatic rings. The summed E-state index contributed by atoms with van der Waals surface area (Å²) in [5, 5.41) is 26.0. The first-order valence-electron chi connectivity index (χ1n) is 13.4. The fourth-order valence-corrected chi connectivity index (χ4v) is 6.48. The Morgan fingerprint density at radius 3 is 2.55 bits per heavy atom. The van der Waals surface area contributed by atoms with Gasteiger partial charge in [0.1, 0.15) is 11.4 Å². The molecular weight excluding hydrogens is 504 g/mol. The van der Waals surface area contributed by atoms with Crippen LogP contribution in [0.25, 0.3) is 6.08 Å². The summed E-state index contributed by atoms with van der Waals surface area (Å²) in [4.78, 5) is 25.0. The molecule has 1 aliphatic heterocycles. The van der Waals surface area contributed by atoms with Crippen LogP contribution in [-0.2, 0) is 13.5 Å². The van der Waals surface area contributed by atoms with Gasteiger partial charge in [-0.3, -0.25) is 9.48 Å². The smallest absolute Gasteiger partial charge is 0.273 e. The first-order valence-corrected chi connectivity index (χ1v) is 13.4. The second-order valence-electron chi connectivity index (χ2n) is 11.4. The number of fused-ring (bicyclic) bond motifs is 1. The summed E-state index contributed by atoms with van der Waals surface area (Å²) in [6.07, 6.45) is 9.90. The first kappa shape index (κ1) is 25.6. The van der Waals surface area contributed by atoms with Crippen molar-refractivity contribution in [2.75, 3.05) is 11.9 Å². The number of aromatic nitrogens is 4. The molecule has 0 saturated heterocycles. The maximum absolute atomic E-state index is 13.7. The van der Waals surface area contributed by atoms with Gasteiger partial charge in [-0.25, -0.2) is 4.98 Å². The third-order valence-electron chi connectivity index (χ3n) is 8.34. The zero-order valence-corrected chi connectivity index (χ0v) is 23.0. The molecule has 1 N–H and O–H groups in total. The molecule has 0 radical (unpaired) electrons. The molecule has 3 heterocycles. The van der Waals surface area contributed by atoms with Crippen molar-refractivity contribution < 1.29 is 9.53 Å². The van der Waals surface area contributed by atoms with E-state index >= 15 is 0 Å². The Labute approximate surface area is 232 Å². The van der Waals surface area contributed by atoms with Gasteiger partial charge in [0.05, 0.1) is 35.4 Å². The Hall–Kier alpha value is -4.70. The predicted octanol–water partition coefficient (Wildman–Crippen LogP) is 4.77. The molecule has 1 unspecified atom stereocenters. The van der Waals surface area contributed by atoms with Crippen LogP contribution in [0, 0.1) is 41.9 Å². The van der Waals surface area contributed by atoms with E-state index in [9.17, 15) is 10.1 Å². The van der Waals surface area contributed by atoms with Gasteiger partial charge in [-0.05, 0) is 86.9 Å². The zero-order chi connectivity index (χ0) is 28.2. The monoisotopic (exact) mass is 534 g/mol. The van der Waals surface area contributed by atoms with Crippen LogP contribution in [0.4, 0.5) is 5.95 Å². The molecule has 40 heavy (non-hydrogen) atoms. The molecule has 1 amide bonds. The molecule has 4 aliphatic rings. The van der Waals surface area contributed by atoms with Crippen molar-refractivity contribution in [1.29, 1.82) is 10.5 Å². The van der Waals surface area contributed by atoms with E-state index in [1.54, 1.807) is 10.8 Å². The van der Waals surface area contributed by atoms with Gasteiger partial charge in [0.15, 0.2) is 0 Å². The van der Waals surface area contributed by atoms with Gasteiger partial charge in [-0.2, -0.15) is 20.6 Å². The number of allylic oxidation sites excluding steroid dienone is 1. The minimum atomic E-state index is -0.279. The van der Waals surface area contributed by atoms with Crippen LogP contribution in [-0.4, -0.2) is 42.6 Å². The van der Waals surface area contributed by atoms with Crippen molar-refractivity contribution >= 4 is 17.9 Å². The summed E-state index contributed by atoms with van der Waals surface area (Å²) in [7, 11) is 1.87. The first-order chi connectivity index (χ1) is 19.1. The SMILES string of the molecule is Cc1cc(/C=C/C#N)cc(C)c1Oc1nc(NC23CC(C#N)(C2)C3)nc2c1C(C)N(CCc1cnn(C)c1)C2=O. The topological polar surface area (TPSA) is 133 Å². The number of rotatable bonds is 8. The number of nitrogens with zero attached hydrogens (tertiary/aromatic N) is 7. The van der Waals surface area contributed by atoms with Gasteiger partial charge in [0.25, 0.3) is 5.91 Å². The molecule has 7 rings (SSSR count). The number of hydrogen-bond donors (Lipinski definition) is 1. The van der Waals surface area contributed by atoms with Gasteiger partial charge in [0, 0.05) is 31.4 Å². The van der Waals surface area contributed by atoms with Crippen LogP contribution in [0.2, 0.25) is 0 Å². The summed E-state index contributed by atoms with van der Waals surface area (Å²) in [5.74, 6) is 1.20. The van der Waals surface area contributed by atoms with Crippen LogP contribution in [0.1, 0.15) is 70.5 Å². The third kappa shape index (κ3) is 4.17. The lowest BCUT2D eigenvalue weighted by Gasteiger charge is -2.66. The van der Waals surface area contributed by atoms with E-state index in [-0.39, 0.29) is 22.9 Å². The lowest BCUT2D eigenvalue weighted by molar-refractivity contribution is -0.0665. The average Bonchev–Trinajstić information content (AvgIpc) is 3.40. The number of benzene rings is 1. The fourth-order valence-electron chi connectivity index (χ4n) is 6.48. The van der Waals surface area contributed by atoms with Gasteiger partial charge in [-0.15, -0.1) is 0 Å². The van der Waals surface area contributed by atoms with Crippen LogP contribution in [0.5, 0.6) is 11.6 Å². The maximum Gasteiger partial charge on any atom is 0.273 e. The summed E-state index contributed by atoms with van der Waals surface area (Å²) in [6.45, 7) is 6.38. The van der Waals surface area contributed by atoms with E-state index < -0.39 is 0 Å². The number of hydrogen-bond acceptors (Lipinski definition) is 8. The van der Waals surface area contributed by atoms with E-state index in [1.807, 2.05) is 63.3 Å². The minimum Gasteiger partial charge on any atom is -0.438 e. The van der Waals surface area contributed by atoms with Crippen molar-refractivity contribution in [3.8, 4) is 23.8 Å². The molecule has 2 bridgehead atoms. The predicted molar refractivity (Wildman–Crippen MR) is 147 cm³/mol. The van der Waals surface area contributed by atoms with Crippen molar-refractivity contribution in [1.82, 2.24) is 24.6 Å². The second kappa shape index (κ2) is 9.20. The maximum atomic E-state index is 13.7. The van der Waals surface area contributed by atoms with E-state index in [4.69, 9.17) is 20.0 Å². The van der Waals surface area contributed by atoms with E-state index in [0.29, 0.717) is 41.8 Å². The Morgan fingerprint density at radius 1 is 1.20 bits per heavy atom. The number of aryl methyl sites for hydroxylation is 3. The van der Waals surface area contributed by atoms with Gasteiger partial charge >= 0.3 is 0 Å². The summed E-state index contributed by atoms with van der Waals surface area (Å²) in [6, 6.07) is 8.07. The van der Waals surface area contributed by atoms with Crippen molar-refractivity contribution in [3.05, 3.63) is 64.1 Å². The molecule has 2 aromatic heterocycles. The van der Waals surface area contributed by atoms with Crippen molar-refractivity contribution in [3.63, 3.8) is 0 Å². The Kier molecular flexibility index (Phi) is 5.88. The summed E-state index contributed by atoms with van der Waals surface area (Å²) >= 11 is 0. The molecule has 1 aromatic carbocycles. The van der Waals surface area contributed by atoms with Gasteiger partial charge in [0.2, 0.25) is 11.8 Å². The second-order valence-corrected chi connectivity index (χ2v) is 11.4. The number of amides is 1. The number of nitriles is 2. The highest BCUT2D eigenvalue weighted by Crippen LogP contribution is 2.67. The van der Waals surface area contributed by atoms with Crippen LogP contribution < -0.4 is 10.1 Å². The largest absolute Gasteiger partial charge is 0.438 e. The lowest BCUT2D eigenvalue weighted by Crippen LogP contribution is -2.70. The molecule has 3 aliphatic carbocycles. The number of carbonyl (C=O) groups excluding carboxylic acids is 1. The van der Waals surface area contributed by atoms with Crippen molar-refractivity contribution in [2.45, 2.75) is 58.0 Å². The van der Waals surface area contributed by atoms with Gasteiger partial charge < -0.3 is 15.0 Å². The molecule has 3 fully saturated rings. The highest BCUT2D eigenvalue weighted by molar-refractivity contribution is 5.98. The van der Waals surface area contributed by atoms with Crippen LogP contribution >= 0.6 is 0 Å². The third-order valence-corrected chi connectivity index (χ3v) is 8.34. The number of carbonyl (C=O) groups is 1. The summed E-state index contributed by atoms with van der Waals surface area (Å²) < 4.78 is 8.26. The molecule has 10 heteroatoms. The standard InChI is InChI=1S/C30H30N8O2/c1-18-10-21(6-5-8-31)11-19(2)25(18)40-26-23-20(3)38(9-7-22-12-33-37(4)13-22)27(39)24(23)34-28(35-26)36-30-14-29(15-30,16-30)17-32/h5-6,10-13,20H,7,9,14-16H2,1-4H3,(H,34,35,36)/b6-5+. The minimum absolute atomic E-state index is 0.154. The van der Waals surface area contributed by atoms with Crippen LogP contribution in [0.15, 0.2) is 30.6 Å². The van der Waals surface area contributed by atoms with Crippen molar-refractivity contribution in [2.24, 2.45) is 12.5 Å². The van der Waals surface area contributed by atoms with Gasteiger partial charge in [-0.1, -0.05) is 0 Å². The Bertz CT molecular complexity index is 1610. The Morgan fingerprint density at radius 2 is 1.93 bits per heavy atom. The normalized spacial score (nSPS) is 24.2. The highest BCUT2D eigenvalue weighted by Gasteiger charge is 2.69. The van der Waals surface area contributed by atoms with Crippen LogP contribution in [0.3, 0.4) is 0 Å². The Balaban J connectivity index is 1.34. The number of ether oxygens (including phenoxy) is 1. The van der Waals surface area contributed by atoms with E-state index in [2.05, 4.69) is 16.5 Å². The molecule has 10 nitrogen and oxygen atoms in total. The lowest BCUT2D eigenvalue weighted by atomic mass is 9.40.